The smallest absolute Gasteiger partial charge is 0.107 e. The third kappa shape index (κ3) is 3.61. The molecule has 6 heteroatoms. The van der Waals surface area contributed by atoms with Gasteiger partial charge < -0.3 is 9.47 Å². The van der Waals surface area contributed by atoms with Crippen molar-refractivity contribution in [3.8, 4) is 0 Å². The maximum absolute atomic E-state index is 6.15. The Balaban J connectivity index is 1.28. The lowest BCUT2D eigenvalue weighted by molar-refractivity contribution is -0.000453. The van der Waals surface area contributed by atoms with E-state index in [1.54, 1.807) is 17.5 Å². The Hall–Kier alpha value is -1.34. The van der Waals surface area contributed by atoms with Gasteiger partial charge in [-0.25, -0.2) is 4.98 Å². The molecule has 4 rings (SSSR count). The number of rotatable bonds is 5. The quantitative estimate of drug-likeness (QED) is 0.842. The minimum Gasteiger partial charge on any atom is -0.371 e. The number of hydrogen-bond donors (Lipinski definition) is 0. The van der Waals surface area contributed by atoms with E-state index in [9.17, 15) is 0 Å². The lowest BCUT2D eigenvalue weighted by Crippen LogP contribution is -2.32. The second-order valence-electron chi connectivity index (χ2n) is 6.38. The molecular formula is C17H21N3O2S. The summed E-state index contributed by atoms with van der Waals surface area (Å²) in [6.07, 6.45) is 7.78. The van der Waals surface area contributed by atoms with Gasteiger partial charge in [-0.15, -0.1) is 11.3 Å². The summed E-state index contributed by atoms with van der Waals surface area (Å²) in [5, 5.41) is 3.22. The number of hydrogen-bond acceptors (Lipinski definition) is 6. The molecule has 2 aromatic rings. The third-order valence-electron chi connectivity index (χ3n) is 4.62. The summed E-state index contributed by atoms with van der Waals surface area (Å²) in [6, 6.07) is 3.99. The van der Waals surface area contributed by atoms with Crippen LogP contribution in [0.5, 0.6) is 0 Å². The Morgan fingerprint density at radius 1 is 1.43 bits per heavy atom. The molecule has 1 spiro atoms. The highest BCUT2D eigenvalue weighted by Gasteiger charge is 2.45. The largest absolute Gasteiger partial charge is 0.371 e. The molecule has 0 aromatic carbocycles. The van der Waals surface area contributed by atoms with Gasteiger partial charge in [-0.1, -0.05) is 6.07 Å². The standard InChI is InChI=1S/C17H21N3O2S/c1-2-14(9-18-4-1)11-21-15-8-17(22-12-15)3-6-20(13-17)10-16-19-5-7-23-16/h1-2,4-5,7,9,15H,3,6,8,10-13H2. The maximum atomic E-state index is 6.15. The summed E-state index contributed by atoms with van der Waals surface area (Å²) in [7, 11) is 0. The van der Waals surface area contributed by atoms with Crippen molar-refractivity contribution in [1.82, 2.24) is 14.9 Å². The third-order valence-corrected chi connectivity index (χ3v) is 5.39. The predicted molar refractivity (Wildman–Crippen MR) is 88.1 cm³/mol. The van der Waals surface area contributed by atoms with Gasteiger partial charge in [-0.2, -0.15) is 0 Å². The zero-order valence-corrected chi connectivity index (χ0v) is 13.9. The minimum atomic E-state index is -0.0170. The molecule has 0 radical (unpaired) electrons. The van der Waals surface area contributed by atoms with E-state index in [1.807, 2.05) is 29.9 Å². The van der Waals surface area contributed by atoms with E-state index in [1.165, 1.54) is 5.01 Å². The molecule has 5 nitrogen and oxygen atoms in total. The summed E-state index contributed by atoms with van der Waals surface area (Å²) < 4.78 is 12.2. The molecular weight excluding hydrogens is 310 g/mol. The maximum Gasteiger partial charge on any atom is 0.107 e. The van der Waals surface area contributed by atoms with Gasteiger partial charge in [-0.3, -0.25) is 9.88 Å². The van der Waals surface area contributed by atoms with Gasteiger partial charge in [-0.05, 0) is 18.1 Å². The summed E-state index contributed by atoms with van der Waals surface area (Å²) in [4.78, 5) is 10.9. The number of likely N-dealkylation sites (tertiary alicyclic amines) is 1. The van der Waals surface area contributed by atoms with Crippen LogP contribution in [0.1, 0.15) is 23.4 Å². The molecule has 2 saturated heterocycles. The molecule has 4 heterocycles. The SMILES string of the molecule is c1cncc(COC2COC3(CCN(Cc4nccs4)C3)C2)c1. The first-order valence-electron chi connectivity index (χ1n) is 8.07. The molecule has 0 N–H and O–H groups in total. The number of thiazole rings is 1. The van der Waals surface area contributed by atoms with Gasteiger partial charge in [0.05, 0.1) is 31.5 Å². The first-order valence-corrected chi connectivity index (χ1v) is 8.95. The topological polar surface area (TPSA) is 47.5 Å². The lowest BCUT2D eigenvalue weighted by atomic mass is 9.98. The Labute approximate surface area is 140 Å². The van der Waals surface area contributed by atoms with E-state index >= 15 is 0 Å². The van der Waals surface area contributed by atoms with Crippen LogP contribution >= 0.6 is 11.3 Å². The molecule has 0 saturated carbocycles. The fraction of sp³-hybridized carbons (Fsp3) is 0.529. The van der Waals surface area contributed by atoms with E-state index < -0.39 is 0 Å². The van der Waals surface area contributed by atoms with Crippen LogP contribution in [0.2, 0.25) is 0 Å². The van der Waals surface area contributed by atoms with Crippen LogP contribution < -0.4 is 0 Å². The molecule has 2 aliphatic heterocycles. The van der Waals surface area contributed by atoms with Crippen LogP contribution in [-0.4, -0.2) is 46.3 Å². The molecule has 2 unspecified atom stereocenters. The number of nitrogens with zero attached hydrogens (tertiary/aromatic N) is 3. The second kappa shape index (κ2) is 6.65. The van der Waals surface area contributed by atoms with E-state index in [-0.39, 0.29) is 11.7 Å². The van der Waals surface area contributed by atoms with E-state index in [0.29, 0.717) is 13.2 Å². The van der Waals surface area contributed by atoms with Crippen LogP contribution in [0.25, 0.3) is 0 Å². The van der Waals surface area contributed by atoms with Crippen LogP contribution in [0.15, 0.2) is 36.1 Å². The highest BCUT2D eigenvalue weighted by Crippen LogP contribution is 2.37. The van der Waals surface area contributed by atoms with Crippen molar-refractivity contribution in [2.24, 2.45) is 0 Å². The molecule has 0 bridgehead atoms. The van der Waals surface area contributed by atoms with Gasteiger partial charge in [0.15, 0.2) is 0 Å². The van der Waals surface area contributed by atoms with Gasteiger partial charge in [0, 0.05) is 43.5 Å². The van der Waals surface area contributed by atoms with Crippen molar-refractivity contribution in [2.75, 3.05) is 19.7 Å². The van der Waals surface area contributed by atoms with Crippen LogP contribution in [0.4, 0.5) is 0 Å². The number of pyridine rings is 1. The molecule has 2 atom stereocenters. The normalized spacial score (nSPS) is 27.9. The highest BCUT2D eigenvalue weighted by molar-refractivity contribution is 7.09. The minimum absolute atomic E-state index is 0.0170. The van der Waals surface area contributed by atoms with Crippen molar-refractivity contribution in [3.05, 3.63) is 46.7 Å². The summed E-state index contributed by atoms with van der Waals surface area (Å²) >= 11 is 1.72. The first-order chi connectivity index (χ1) is 11.3. The molecule has 0 aliphatic carbocycles. The molecule has 2 fully saturated rings. The Kier molecular flexibility index (Phi) is 4.39. The first kappa shape index (κ1) is 15.2. The average Bonchev–Trinajstić information content (AvgIpc) is 3.31. The van der Waals surface area contributed by atoms with Gasteiger partial charge in [0.2, 0.25) is 0 Å². The van der Waals surface area contributed by atoms with E-state index in [4.69, 9.17) is 9.47 Å². The second-order valence-corrected chi connectivity index (χ2v) is 7.36. The molecule has 2 aromatic heterocycles. The highest BCUT2D eigenvalue weighted by atomic mass is 32.1. The van der Waals surface area contributed by atoms with Gasteiger partial charge in [0.25, 0.3) is 0 Å². The van der Waals surface area contributed by atoms with Gasteiger partial charge in [0.1, 0.15) is 5.01 Å². The molecule has 122 valence electrons. The van der Waals surface area contributed by atoms with Crippen molar-refractivity contribution < 1.29 is 9.47 Å². The van der Waals surface area contributed by atoms with Crippen LogP contribution in [-0.2, 0) is 22.6 Å². The zero-order valence-electron chi connectivity index (χ0n) is 13.1. The van der Waals surface area contributed by atoms with E-state index in [2.05, 4.69) is 14.9 Å². The molecule has 2 aliphatic rings. The number of ether oxygens (including phenoxy) is 2. The predicted octanol–water partition coefficient (Wildman–Crippen LogP) is 2.49. The average molecular weight is 331 g/mol. The monoisotopic (exact) mass is 331 g/mol. The summed E-state index contributed by atoms with van der Waals surface area (Å²) in [5.41, 5.74) is 1.10. The van der Waals surface area contributed by atoms with Crippen molar-refractivity contribution in [3.63, 3.8) is 0 Å². The van der Waals surface area contributed by atoms with Crippen molar-refractivity contribution in [2.45, 2.75) is 37.7 Å². The Morgan fingerprint density at radius 2 is 2.43 bits per heavy atom. The Bertz CT molecular complexity index is 622. The van der Waals surface area contributed by atoms with Gasteiger partial charge >= 0.3 is 0 Å². The molecule has 23 heavy (non-hydrogen) atoms. The van der Waals surface area contributed by atoms with Crippen molar-refractivity contribution >= 4 is 11.3 Å². The summed E-state index contributed by atoms with van der Waals surface area (Å²) in [5.74, 6) is 0. The van der Waals surface area contributed by atoms with Crippen LogP contribution in [0.3, 0.4) is 0 Å². The van der Waals surface area contributed by atoms with Crippen molar-refractivity contribution in [1.29, 1.82) is 0 Å². The Morgan fingerprint density at radius 3 is 3.26 bits per heavy atom. The zero-order chi connectivity index (χ0) is 15.5. The fourth-order valence-electron chi connectivity index (χ4n) is 3.48. The van der Waals surface area contributed by atoms with E-state index in [0.717, 1.165) is 38.0 Å². The summed E-state index contributed by atoms with van der Waals surface area (Å²) in [6.45, 7) is 4.31. The fourth-order valence-corrected chi connectivity index (χ4v) is 4.13. The number of aromatic nitrogens is 2. The lowest BCUT2D eigenvalue weighted by Gasteiger charge is -2.23. The van der Waals surface area contributed by atoms with Crippen LogP contribution in [0, 0.1) is 0 Å². The molecule has 0 amide bonds.